The van der Waals surface area contributed by atoms with Crippen LogP contribution >= 0.6 is 0 Å². The number of rotatable bonds is 6. The molecule has 0 spiro atoms. The van der Waals surface area contributed by atoms with Crippen molar-refractivity contribution in [3.8, 4) is 11.3 Å². The Bertz CT molecular complexity index is 1030. The summed E-state index contributed by atoms with van der Waals surface area (Å²) >= 11 is 0. The zero-order valence-corrected chi connectivity index (χ0v) is 17.6. The number of hydrogen-bond acceptors (Lipinski definition) is 7. The van der Waals surface area contributed by atoms with E-state index in [-0.39, 0.29) is 17.9 Å². The normalized spacial score (nSPS) is 18.6. The van der Waals surface area contributed by atoms with Gasteiger partial charge >= 0.3 is 0 Å². The number of hydrogen-bond donors (Lipinski definition) is 1. The highest BCUT2D eigenvalue weighted by atomic mass is 16.6. The molecule has 0 saturated carbocycles. The summed E-state index contributed by atoms with van der Waals surface area (Å²) in [7, 11) is 0. The standard InChI is InChI=1S/C23H25N5O3/c1-16-14-27(15-17(2)31-16)22-11-8-18(13-25-22)12-24-21-10-9-20(28(29)30)23(26-21)19-6-4-3-5-7-19/h3-11,13,16-17H,12,14-15H2,1-2H3,(H,24,26). The van der Waals surface area contributed by atoms with Gasteiger partial charge in [0.15, 0.2) is 5.69 Å². The number of nitro groups is 1. The Morgan fingerprint density at radius 3 is 2.48 bits per heavy atom. The van der Waals surface area contributed by atoms with E-state index in [0.29, 0.717) is 23.6 Å². The molecule has 2 atom stereocenters. The van der Waals surface area contributed by atoms with Crippen LogP contribution in [-0.4, -0.2) is 40.2 Å². The highest BCUT2D eigenvalue weighted by Crippen LogP contribution is 2.29. The van der Waals surface area contributed by atoms with E-state index in [1.165, 1.54) is 6.07 Å². The van der Waals surface area contributed by atoms with Crippen molar-refractivity contribution in [2.24, 2.45) is 0 Å². The van der Waals surface area contributed by atoms with Gasteiger partial charge in [-0.15, -0.1) is 0 Å². The number of morpholine rings is 1. The molecule has 2 unspecified atom stereocenters. The summed E-state index contributed by atoms with van der Waals surface area (Å²) in [4.78, 5) is 22.3. The number of nitrogens with one attached hydrogen (secondary N) is 1. The third-order valence-corrected chi connectivity index (χ3v) is 5.14. The number of pyridine rings is 2. The first-order valence-electron chi connectivity index (χ1n) is 10.3. The molecule has 3 heterocycles. The smallest absolute Gasteiger partial charge is 0.295 e. The molecular formula is C23H25N5O3. The van der Waals surface area contributed by atoms with Gasteiger partial charge in [0.1, 0.15) is 11.6 Å². The fraction of sp³-hybridized carbons (Fsp3) is 0.304. The predicted molar refractivity (Wildman–Crippen MR) is 120 cm³/mol. The van der Waals surface area contributed by atoms with Crippen molar-refractivity contribution in [3.63, 3.8) is 0 Å². The van der Waals surface area contributed by atoms with Crippen LogP contribution in [0.3, 0.4) is 0 Å². The second kappa shape index (κ2) is 9.09. The van der Waals surface area contributed by atoms with Crippen molar-refractivity contribution in [1.82, 2.24) is 9.97 Å². The number of ether oxygens (including phenoxy) is 1. The lowest BCUT2D eigenvalue weighted by atomic mass is 10.1. The third-order valence-electron chi connectivity index (χ3n) is 5.14. The van der Waals surface area contributed by atoms with Gasteiger partial charge in [0, 0.05) is 37.5 Å². The van der Waals surface area contributed by atoms with Gasteiger partial charge in [-0.2, -0.15) is 0 Å². The van der Waals surface area contributed by atoms with E-state index < -0.39 is 4.92 Å². The zero-order chi connectivity index (χ0) is 21.8. The summed E-state index contributed by atoms with van der Waals surface area (Å²) in [5, 5.41) is 14.7. The fourth-order valence-corrected chi connectivity index (χ4v) is 3.77. The van der Waals surface area contributed by atoms with Crippen LogP contribution in [0, 0.1) is 10.1 Å². The van der Waals surface area contributed by atoms with Crippen LogP contribution in [0.25, 0.3) is 11.3 Å². The average molecular weight is 419 g/mol. The minimum atomic E-state index is -0.408. The second-order valence-corrected chi connectivity index (χ2v) is 7.73. The molecule has 1 aromatic carbocycles. The van der Waals surface area contributed by atoms with Crippen molar-refractivity contribution < 1.29 is 9.66 Å². The highest BCUT2D eigenvalue weighted by molar-refractivity contribution is 5.71. The molecule has 4 rings (SSSR count). The van der Waals surface area contributed by atoms with Gasteiger partial charge in [-0.05, 0) is 31.5 Å². The number of nitrogens with zero attached hydrogens (tertiary/aromatic N) is 4. The van der Waals surface area contributed by atoms with E-state index in [0.717, 1.165) is 24.5 Å². The molecule has 0 amide bonds. The van der Waals surface area contributed by atoms with E-state index in [4.69, 9.17) is 4.74 Å². The molecule has 0 aliphatic carbocycles. The summed E-state index contributed by atoms with van der Waals surface area (Å²) in [6.07, 6.45) is 2.20. The second-order valence-electron chi connectivity index (χ2n) is 7.73. The van der Waals surface area contributed by atoms with Gasteiger partial charge in [0.05, 0.1) is 17.1 Å². The first-order valence-corrected chi connectivity index (χ1v) is 10.3. The lowest BCUT2D eigenvalue weighted by Gasteiger charge is -2.36. The van der Waals surface area contributed by atoms with E-state index in [2.05, 4.69) is 34.0 Å². The Morgan fingerprint density at radius 2 is 1.84 bits per heavy atom. The van der Waals surface area contributed by atoms with Crippen molar-refractivity contribution >= 4 is 17.3 Å². The Labute approximate surface area is 181 Å². The summed E-state index contributed by atoms with van der Waals surface area (Å²) in [6, 6.07) is 16.3. The zero-order valence-electron chi connectivity index (χ0n) is 17.6. The van der Waals surface area contributed by atoms with Gasteiger partial charge in [0.25, 0.3) is 5.69 Å². The van der Waals surface area contributed by atoms with Crippen LogP contribution < -0.4 is 10.2 Å². The summed E-state index contributed by atoms with van der Waals surface area (Å²) in [5.41, 5.74) is 2.04. The minimum Gasteiger partial charge on any atom is -0.372 e. The fourth-order valence-electron chi connectivity index (χ4n) is 3.77. The van der Waals surface area contributed by atoms with Crippen LogP contribution in [0.15, 0.2) is 60.8 Å². The molecule has 8 heteroatoms. The van der Waals surface area contributed by atoms with E-state index >= 15 is 0 Å². The third kappa shape index (κ3) is 4.97. The lowest BCUT2D eigenvalue weighted by molar-refractivity contribution is -0.384. The largest absolute Gasteiger partial charge is 0.372 e. The minimum absolute atomic E-state index is 0.0169. The van der Waals surface area contributed by atoms with Crippen molar-refractivity contribution in [3.05, 3.63) is 76.5 Å². The van der Waals surface area contributed by atoms with Gasteiger partial charge < -0.3 is 15.0 Å². The maximum atomic E-state index is 11.4. The van der Waals surface area contributed by atoms with Crippen molar-refractivity contribution in [2.45, 2.75) is 32.6 Å². The van der Waals surface area contributed by atoms with E-state index in [1.54, 1.807) is 6.07 Å². The van der Waals surface area contributed by atoms with Gasteiger partial charge in [-0.1, -0.05) is 36.4 Å². The Balaban J connectivity index is 1.46. The van der Waals surface area contributed by atoms with Crippen LogP contribution in [0.5, 0.6) is 0 Å². The topological polar surface area (TPSA) is 93.4 Å². The number of anilines is 2. The molecule has 31 heavy (non-hydrogen) atoms. The quantitative estimate of drug-likeness (QED) is 0.471. The average Bonchev–Trinajstić information content (AvgIpc) is 2.78. The molecule has 1 N–H and O–H groups in total. The molecule has 0 radical (unpaired) electrons. The maximum absolute atomic E-state index is 11.4. The molecular weight excluding hydrogens is 394 g/mol. The highest BCUT2D eigenvalue weighted by Gasteiger charge is 2.23. The van der Waals surface area contributed by atoms with Gasteiger partial charge in [0.2, 0.25) is 0 Å². The molecule has 1 aliphatic heterocycles. The molecule has 3 aromatic rings. The van der Waals surface area contributed by atoms with E-state index in [1.807, 2.05) is 48.7 Å². The molecule has 8 nitrogen and oxygen atoms in total. The summed E-state index contributed by atoms with van der Waals surface area (Å²) in [6.45, 7) is 6.31. The molecule has 0 bridgehead atoms. The maximum Gasteiger partial charge on any atom is 0.295 e. The summed E-state index contributed by atoms with van der Waals surface area (Å²) < 4.78 is 5.79. The molecule has 1 aliphatic rings. The van der Waals surface area contributed by atoms with Gasteiger partial charge in [-0.3, -0.25) is 10.1 Å². The van der Waals surface area contributed by atoms with Gasteiger partial charge in [-0.25, -0.2) is 9.97 Å². The Morgan fingerprint density at radius 1 is 1.10 bits per heavy atom. The van der Waals surface area contributed by atoms with Crippen LogP contribution in [0.4, 0.5) is 17.3 Å². The monoisotopic (exact) mass is 419 g/mol. The first kappa shape index (κ1) is 20.7. The molecule has 160 valence electrons. The Hall–Kier alpha value is -3.52. The first-order chi connectivity index (χ1) is 15.0. The molecule has 1 fully saturated rings. The van der Waals surface area contributed by atoms with Crippen molar-refractivity contribution in [2.75, 3.05) is 23.3 Å². The lowest BCUT2D eigenvalue weighted by Crippen LogP contribution is -2.45. The number of benzene rings is 1. The summed E-state index contributed by atoms with van der Waals surface area (Å²) in [5.74, 6) is 1.51. The van der Waals surface area contributed by atoms with E-state index in [9.17, 15) is 10.1 Å². The van der Waals surface area contributed by atoms with Crippen LogP contribution in [-0.2, 0) is 11.3 Å². The molecule has 2 aromatic heterocycles. The molecule has 1 saturated heterocycles. The Kier molecular flexibility index (Phi) is 6.08. The van der Waals surface area contributed by atoms with Crippen molar-refractivity contribution in [1.29, 1.82) is 0 Å². The van der Waals surface area contributed by atoms with Crippen LogP contribution in [0.1, 0.15) is 19.4 Å². The number of aromatic nitrogens is 2. The SMILES string of the molecule is CC1CN(c2ccc(CNc3ccc([N+](=O)[O-])c(-c4ccccc4)n3)cn2)CC(C)O1. The predicted octanol–water partition coefficient (Wildman–Crippen LogP) is 4.28. The van der Waals surface area contributed by atoms with Crippen LogP contribution in [0.2, 0.25) is 0 Å².